The molecule has 3 rings (SSSR count). The van der Waals surface area contributed by atoms with Gasteiger partial charge in [0.15, 0.2) is 0 Å². The van der Waals surface area contributed by atoms with Gasteiger partial charge in [-0.2, -0.15) is 0 Å². The lowest BCUT2D eigenvalue weighted by atomic mass is 10.1. The summed E-state index contributed by atoms with van der Waals surface area (Å²) >= 11 is 5.15. The number of thiophene rings is 1. The molecule has 6 heteroatoms. The van der Waals surface area contributed by atoms with Crippen molar-refractivity contribution in [3.63, 3.8) is 0 Å². The maximum absolute atomic E-state index is 12.5. The number of carbonyl (C=O) groups is 2. The van der Waals surface area contributed by atoms with Crippen LogP contribution in [0, 0.1) is 5.92 Å². The Labute approximate surface area is 130 Å². The standard InChI is InChI=1S/C14H17BrN2O2S/c15-11-4-3-10(20-11)5-7-17-8-6-12(18)16-13(14(17)19)9-1-2-9/h3-4,9,13H,1-2,5-8H2,(H,16,18). The first kappa shape index (κ1) is 14.1. The van der Waals surface area contributed by atoms with Crippen molar-refractivity contribution in [1.29, 1.82) is 0 Å². The molecule has 20 heavy (non-hydrogen) atoms. The molecule has 0 aromatic carbocycles. The fourth-order valence-electron chi connectivity index (χ4n) is 2.55. The molecule has 1 aromatic rings. The van der Waals surface area contributed by atoms with E-state index in [-0.39, 0.29) is 17.9 Å². The van der Waals surface area contributed by atoms with Crippen LogP contribution < -0.4 is 5.32 Å². The first-order chi connectivity index (χ1) is 9.63. The summed E-state index contributed by atoms with van der Waals surface area (Å²) in [4.78, 5) is 27.3. The molecule has 1 saturated heterocycles. The number of hydrogen-bond acceptors (Lipinski definition) is 3. The Morgan fingerprint density at radius 1 is 1.35 bits per heavy atom. The Morgan fingerprint density at radius 2 is 2.15 bits per heavy atom. The normalized spacial score (nSPS) is 23.6. The van der Waals surface area contributed by atoms with Crippen molar-refractivity contribution in [2.45, 2.75) is 31.7 Å². The van der Waals surface area contributed by atoms with Crippen molar-refractivity contribution in [3.8, 4) is 0 Å². The summed E-state index contributed by atoms with van der Waals surface area (Å²) in [6, 6.07) is 3.83. The molecule has 2 amide bonds. The minimum Gasteiger partial charge on any atom is -0.344 e. The Morgan fingerprint density at radius 3 is 2.80 bits per heavy atom. The van der Waals surface area contributed by atoms with Crippen LogP contribution in [0.2, 0.25) is 0 Å². The monoisotopic (exact) mass is 356 g/mol. The summed E-state index contributed by atoms with van der Waals surface area (Å²) < 4.78 is 1.11. The number of nitrogens with one attached hydrogen (secondary N) is 1. The van der Waals surface area contributed by atoms with E-state index < -0.39 is 0 Å². The molecule has 1 aliphatic carbocycles. The van der Waals surface area contributed by atoms with Crippen LogP contribution in [-0.4, -0.2) is 35.8 Å². The molecule has 0 radical (unpaired) electrons. The summed E-state index contributed by atoms with van der Waals surface area (Å²) in [6.45, 7) is 1.24. The first-order valence-corrected chi connectivity index (χ1v) is 8.57. The van der Waals surface area contributed by atoms with Gasteiger partial charge in [0.1, 0.15) is 6.04 Å². The summed E-state index contributed by atoms with van der Waals surface area (Å²) in [6.07, 6.45) is 3.39. The van der Waals surface area contributed by atoms with Gasteiger partial charge in [0, 0.05) is 24.4 Å². The average molecular weight is 357 g/mol. The molecular formula is C14H17BrN2O2S. The summed E-state index contributed by atoms with van der Waals surface area (Å²) in [5.41, 5.74) is 0. The van der Waals surface area contributed by atoms with Crippen LogP contribution in [-0.2, 0) is 16.0 Å². The molecule has 1 unspecified atom stereocenters. The van der Waals surface area contributed by atoms with E-state index >= 15 is 0 Å². The van der Waals surface area contributed by atoms with E-state index in [4.69, 9.17) is 0 Å². The predicted octanol–water partition coefficient (Wildman–Crippen LogP) is 2.18. The highest BCUT2D eigenvalue weighted by molar-refractivity contribution is 9.11. The third-order valence-corrected chi connectivity index (χ3v) is 5.54. The molecule has 1 aromatic heterocycles. The van der Waals surface area contributed by atoms with E-state index in [2.05, 4.69) is 27.3 Å². The molecule has 4 nitrogen and oxygen atoms in total. The van der Waals surface area contributed by atoms with Gasteiger partial charge >= 0.3 is 0 Å². The number of carbonyl (C=O) groups excluding carboxylic acids is 2. The molecule has 0 bridgehead atoms. The topological polar surface area (TPSA) is 49.4 Å². The van der Waals surface area contributed by atoms with Gasteiger partial charge in [0.05, 0.1) is 3.79 Å². The molecule has 2 aliphatic rings. The van der Waals surface area contributed by atoms with E-state index in [1.165, 1.54) is 4.88 Å². The highest BCUT2D eigenvalue weighted by Crippen LogP contribution is 2.34. The third kappa shape index (κ3) is 3.23. The minimum atomic E-state index is -0.278. The molecule has 108 valence electrons. The molecule has 1 saturated carbocycles. The predicted molar refractivity (Wildman–Crippen MR) is 81.6 cm³/mol. The smallest absolute Gasteiger partial charge is 0.245 e. The highest BCUT2D eigenvalue weighted by Gasteiger charge is 2.40. The SMILES string of the molecule is O=C1CCN(CCc2ccc(Br)s2)C(=O)C(C2CC2)N1. The zero-order valence-electron chi connectivity index (χ0n) is 11.1. The van der Waals surface area contributed by atoms with E-state index in [0.717, 1.165) is 23.0 Å². The van der Waals surface area contributed by atoms with E-state index in [1.807, 2.05) is 11.0 Å². The molecule has 2 heterocycles. The number of amides is 2. The molecule has 1 N–H and O–H groups in total. The lowest BCUT2D eigenvalue weighted by molar-refractivity contribution is -0.134. The van der Waals surface area contributed by atoms with Gasteiger partial charge in [-0.15, -0.1) is 11.3 Å². The van der Waals surface area contributed by atoms with Gasteiger partial charge in [0.2, 0.25) is 11.8 Å². The Balaban J connectivity index is 1.64. The van der Waals surface area contributed by atoms with Crippen LogP contribution in [0.1, 0.15) is 24.1 Å². The molecular weight excluding hydrogens is 340 g/mol. The summed E-state index contributed by atoms with van der Waals surface area (Å²) in [5, 5.41) is 2.89. The van der Waals surface area contributed by atoms with Crippen molar-refractivity contribution < 1.29 is 9.59 Å². The van der Waals surface area contributed by atoms with Crippen LogP contribution in [0.5, 0.6) is 0 Å². The Hall–Kier alpha value is -0.880. The summed E-state index contributed by atoms with van der Waals surface area (Å²) in [7, 11) is 0. The van der Waals surface area contributed by atoms with Crippen molar-refractivity contribution in [1.82, 2.24) is 10.2 Å². The zero-order chi connectivity index (χ0) is 14.1. The van der Waals surface area contributed by atoms with E-state index in [0.29, 0.717) is 25.4 Å². The van der Waals surface area contributed by atoms with Crippen molar-refractivity contribution in [2.24, 2.45) is 5.92 Å². The van der Waals surface area contributed by atoms with E-state index in [9.17, 15) is 9.59 Å². The maximum Gasteiger partial charge on any atom is 0.245 e. The molecule has 2 fully saturated rings. The number of rotatable bonds is 4. The van der Waals surface area contributed by atoms with Crippen LogP contribution in [0.15, 0.2) is 15.9 Å². The van der Waals surface area contributed by atoms with E-state index in [1.54, 1.807) is 11.3 Å². The Bertz CT molecular complexity index is 527. The van der Waals surface area contributed by atoms with Crippen molar-refractivity contribution in [2.75, 3.05) is 13.1 Å². The fraction of sp³-hybridized carbons (Fsp3) is 0.571. The third-order valence-electron chi connectivity index (χ3n) is 3.85. The van der Waals surface area contributed by atoms with Crippen LogP contribution in [0.25, 0.3) is 0 Å². The number of nitrogens with zero attached hydrogens (tertiary/aromatic N) is 1. The molecule has 1 aliphatic heterocycles. The minimum absolute atomic E-state index is 0.0108. The number of halogens is 1. The highest BCUT2D eigenvalue weighted by atomic mass is 79.9. The maximum atomic E-state index is 12.5. The van der Waals surface area contributed by atoms with Gasteiger partial charge < -0.3 is 10.2 Å². The van der Waals surface area contributed by atoms with Crippen LogP contribution >= 0.6 is 27.3 Å². The second kappa shape index (κ2) is 5.85. The van der Waals surface area contributed by atoms with Crippen LogP contribution in [0.3, 0.4) is 0 Å². The first-order valence-electron chi connectivity index (χ1n) is 6.96. The Kier molecular flexibility index (Phi) is 4.12. The van der Waals surface area contributed by atoms with Gasteiger partial charge in [-0.25, -0.2) is 0 Å². The average Bonchev–Trinajstić information content (AvgIpc) is 3.19. The lowest BCUT2D eigenvalue weighted by Crippen LogP contribution is -2.46. The second-order valence-corrected chi connectivity index (χ2v) is 7.96. The largest absolute Gasteiger partial charge is 0.344 e. The van der Waals surface area contributed by atoms with Gasteiger partial charge in [0.25, 0.3) is 0 Å². The van der Waals surface area contributed by atoms with Gasteiger partial charge in [-0.05, 0) is 53.2 Å². The van der Waals surface area contributed by atoms with Crippen molar-refractivity contribution in [3.05, 3.63) is 20.8 Å². The summed E-state index contributed by atoms with van der Waals surface area (Å²) in [5.74, 6) is 0.480. The van der Waals surface area contributed by atoms with Crippen LogP contribution in [0.4, 0.5) is 0 Å². The fourth-order valence-corrected chi connectivity index (χ4v) is 4.02. The molecule has 0 spiro atoms. The molecule has 1 atom stereocenters. The van der Waals surface area contributed by atoms with Crippen molar-refractivity contribution >= 4 is 39.1 Å². The number of hydrogen-bond donors (Lipinski definition) is 1. The second-order valence-electron chi connectivity index (χ2n) is 5.41. The van der Waals surface area contributed by atoms with Gasteiger partial charge in [-0.3, -0.25) is 9.59 Å². The van der Waals surface area contributed by atoms with Gasteiger partial charge in [-0.1, -0.05) is 0 Å². The lowest BCUT2D eigenvalue weighted by Gasteiger charge is -2.23. The quantitative estimate of drug-likeness (QED) is 0.898. The zero-order valence-corrected chi connectivity index (χ0v) is 13.5.